The summed E-state index contributed by atoms with van der Waals surface area (Å²) >= 11 is 0. The predicted octanol–water partition coefficient (Wildman–Crippen LogP) is 14.7. The Morgan fingerprint density at radius 1 is 0.607 bits per heavy atom. The maximum absolute atomic E-state index is 14.2. The van der Waals surface area contributed by atoms with E-state index in [9.17, 15) is 4.39 Å². The molecule has 2 aromatic heterocycles. The fraction of sp³-hybridized carbons (Fsp3) is 0.222. The molecule has 7 heteroatoms. The summed E-state index contributed by atoms with van der Waals surface area (Å²) in [6.45, 7) is 22.2. The van der Waals surface area contributed by atoms with Gasteiger partial charge in [0.05, 0.1) is 0 Å². The summed E-state index contributed by atoms with van der Waals surface area (Å²) in [6.07, 6.45) is 1.89. The third-order valence-electron chi connectivity index (χ3n) is 11.4. The summed E-state index contributed by atoms with van der Waals surface area (Å²) in [6, 6.07) is 50.1. The molecule has 5 nitrogen and oxygen atoms in total. The summed E-state index contributed by atoms with van der Waals surface area (Å²) in [5.74, 6) is 1.76. The van der Waals surface area contributed by atoms with Gasteiger partial charge in [0.15, 0.2) is 0 Å². The largest absolute Gasteiger partial charge is 0.509 e. The second kappa shape index (κ2) is 15.6. The van der Waals surface area contributed by atoms with Gasteiger partial charge in [0.25, 0.3) is 0 Å². The van der Waals surface area contributed by atoms with E-state index in [1.165, 1.54) is 23.3 Å². The number of hydrogen-bond donors (Lipinski definition) is 0. The smallest absolute Gasteiger partial charge is 0.135 e. The number of aromatic nitrogens is 2. The summed E-state index contributed by atoms with van der Waals surface area (Å²) < 4.78 is 23.2. The van der Waals surface area contributed by atoms with Crippen LogP contribution in [0.5, 0.6) is 11.5 Å². The Morgan fingerprint density at radius 3 is 2.00 bits per heavy atom. The Balaban J connectivity index is 0.00000514. The number of nitrogens with zero attached hydrogens (tertiary/aromatic N) is 4. The van der Waals surface area contributed by atoms with Gasteiger partial charge in [-0.25, -0.2) is 9.37 Å². The normalized spacial score (nSPS) is 13.1. The monoisotopic (exact) mass is 984 g/mol. The average molecular weight is 985 g/mol. The molecule has 0 radical (unpaired) electrons. The van der Waals surface area contributed by atoms with E-state index in [1.807, 2.05) is 24.4 Å². The van der Waals surface area contributed by atoms with Crippen molar-refractivity contribution in [2.45, 2.75) is 78.6 Å². The van der Waals surface area contributed by atoms with Crippen molar-refractivity contribution < 1.29 is 30.2 Å². The predicted molar refractivity (Wildman–Crippen MR) is 246 cm³/mol. The number of para-hydroxylation sites is 4. The zero-order valence-corrected chi connectivity index (χ0v) is 38.4. The van der Waals surface area contributed by atoms with E-state index in [4.69, 9.17) is 9.72 Å². The molecule has 1 aliphatic heterocycles. The van der Waals surface area contributed by atoms with Crippen LogP contribution in [0, 0.1) is 24.6 Å². The van der Waals surface area contributed by atoms with Gasteiger partial charge in [0, 0.05) is 66.9 Å². The molecule has 0 amide bonds. The molecule has 0 saturated carbocycles. The minimum Gasteiger partial charge on any atom is -0.509 e. The van der Waals surface area contributed by atoms with Crippen molar-refractivity contribution in [3.63, 3.8) is 0 Å². The molecule has 312 valence electrons. The van der Waals surface area contributed by atoms with Gasteiger partial charge in [-0.3, -0.25) is 0 Å². The van der Waals surface area contributed by atoms with Crippen molar-refractivity contribution >= 4 is 44.6 Å². The Labute approximate surface area is 374 Å². The summed E-state index contributed by atoms with van der Waals surface area (Å²) in [7, 11) is 0. The number of pyridine rings is 1. The third kappa shape index (κ3) is 7.87. The molecule has 0 aliphatic carbocycles. The van der Waals surface area contributed by atoms with Crippen LogP contribution in [0.15, 0.2) is 134 Å². The van der Waals surface area contributed by atoms with Crippen molar-refractivity contribution in [3.05, 3.63) is 175 Å². The maximum Gasteiger partial charge on any atom is 0.135 e. The van der Waals surface area contributed by atoms with Gasteiger partial charge in [-0.1, -0.05) is 128 Å². The number of fused-ring (bicyclic) bond motifs is 4. The van der Waals surface area contributed by atoms with Gasteiger partial charge >= 0.3 is 0 Å². The second-order valence-corrected chi connectivity index (χ2v) is 18.9. The minimum atomic E-state index is -0.258. The van der Waals surface area contributed by atoms with Crippen LogP contribution in [0.2, 0.25) is 0 Å². The van der Waals surface area contributed by atoms with E-state index < -0.39 is 0 Å². The maximum atomic E-state index is 14.2. The van der Waals surface area contributed by atoms with Gasteiger partial charge in [-0.15, -0.1) is 53.6 Å². The van der Waals surface area contributed by atoms with E-state index >= 15 is 0 Å². The molecule has 6 aromatic carbocycles. The van der Waals surface area contributed by atoms with Crippen LogP contribution in [0.4, 0.5) is 27.1 Å². The number of rotatable bonds is 6. The fourth-order valence-corrected chi connectivity index (χ4v) is 8.20. The van der Waals surface area contributed by atoms with Crippen molar-refractivity contribution in [1.29, 1.82) is 0 Å². The van der Waals surface area contributed by atoms with Crippen LogP contribution in [-0.4, -0.2) is 9.55 Å². The second-order valence-electron chi connectivity index (χ2n) is 18.9. The Kier molecular flexibility index (Phi) is 10.8. The molecule has 0 bridgehead atoms. The molecule has 0 saturated heterocycles. The van der Waals surface area contributed by atoms with Crippen molar-refractivity contribution in [2.24, 2.45) is 0 Å². The molecule has 8 aromatic rings. The molecule has 0 fully saturated rings. The molecular weight excluding hydrogens is 935 g/mol. The molecule has 9 rings (SSSR count). The zero-order chi connectivity index (χ0) is 42.1. The molecular formula is C54H50FN4OPt-3. The van der Waals surface area contributed by atoms with Crippen LogP contribution in [-0.2, 0) is 37.3 Å². The van der Waals surface area contributed by atoms with Crippen molar-refractivity contribution in [2.75, 3.05) is 9.80 Å². The molecule has 3 heterocycles. The van der Waals surface area contributed by atoms with Crippen LogP contribution in [0.3, 0.4) is 0 Å². The SMILES string of the molecule is CC(C)(C)c1cc(Oc2[c-]c3c(cc2)c2ccccc2n3-c2cc(C(C)(C)C)ccn2)[c-]c(N2[CH-]N(c3c(-c4ccc(F)cc4)cccc3C(C)(C)C)c3ccccc32)c1.[Pt]. The van der Waals surface area contributed by atoms with Gasteiger partial charge in [-0.05, 0) is 80.8 Å². The van der Waals surface area contributed by atoms with Crippen molar-refractivity contribution in [1.82, 2.24) is 9.55 Å². The topological polar surface area (TPSA) is 33.5 Å². The Bertz CT molecular complexity index is 2910. The molecule has 61 heavy (non-hydrogen) atoms. The summed E-state index contributed by atoms with van der Waals surface area (Å²) in [5.41, 5.74) is 11.0. The first kappa shape index (κ1) is 42.0. The minimum absolute atomic E-state index is 0. The Morgan fingerprint density at radius 2 is 1.30 bits per heavy atom. The van der Waals surface area contributed by atoms with Crippen LogP contribution in [0.1, 0.15) is 79.0 Å². The third-order valence-corrected chi connectivity index (χ3v) is 11.4. The summed E-state index contributed by atoms with van der Waals surface area (Å²) in [5, 5.41) is 2.21. The van der Waals surface area contributed by atoms with Gasteiger partial charge < -0.3 is 19.1 Å². The van der Waals surface area contributed by atoms with Gasteiger partial charge in [0.2, 0.25) is 0 Å². The van der Waals surface area contributed by atoms with E-state index in [-0.39, 0.29) is 43.1 Å². The van der Waals surface area contributed by atoms with E-state index in [0.717, 1.165) is 67.1 Å². The quantitative estimate of drug-likeness (QED) is 0.156. The number of benzene rings is 6. The molecule has 0 atom stereocenters. The summed E-state index contributed by atoms with van der Waals surface area (Å²) in [4.78, 5) is 9.33. The van der Waals surface area contributed by atoms with Crippen LogP contribution >= 0.6 is 0 Å². The van der Waals surface area contributed by atoms with E-state index in [2.05, 4.69) is 193 Å². The molecule has 0 unspecified atom stereocenters. The van der Waals surface area contributed by atoms with Crippen LogP contribution < -0.4 is 14.5 Å². The van der Waals surface area contributed by atoms with Crippen molar-refractivity contribution in [3.8, 4) is 28.4 Å². The number of anilines is 4. The first-order valence-electron chi connectivity index (χ1n) is 20.6. The first-order chi connectivity index (χ1) is 28.5. The Hall–Kier alpha value is -5.71. The van der Waals surface area contributed by atoms with Gasteiger partial charge in [-0.2, -0.15) is 6.07 Å². The first-order valence-corrected chi connectivity index (χ1v) is 20.6. The van der Waals surface area contributed by atoms with E-state index in [0.29, 0.717) is 11.5 Å². The van der Waals surface area contributed by atoms with E-state index in [1.54, 1.807) is 0 Å². The zero-order valence-electron chi connectivity index (χ0n) is 36.2. The standard InChI is InChI=1S/C54H50FN4O.Pt/c1-52(2,3)36-27-28-56-50(31-36)59-46-18-11-10-15-43(46)44-26-25-40(33-49(44)59)60-41-30-37(53(4,5)6)29-39(32-41)57-34-58(48-20-13-12-19-47(48)57)51-42(35-21-23-38(55)24-22-35)16-14-17-45(51)54(7,8)9;/h10-31,34H,1-9H3;/q-3;. The average Bonchev–Trinajstić information content (AvgIpc) is 3.76. The van der Waals surface area contributed by atoms with Gasteiger partial charge in [0.1, 0.15) is 11.6 Å². The number of hydrogen-bond acceptors (Lipinski definition) is 4. The molecule has 1 aliphatic rings. The fourth-order valence-electron chi connectivity index (χ4n) is 8.20. The van der Waals surface area contributed by atoms with Crippen LogP contribution in [0.25, 0.3) is 38.8 Å². The number of ether oxygens (including phenoxy) is 1. The molecule has 0 N–H and O–H groups in total. The number of halogens is 1. The molecule has 0 spiro atoms.